The van der Waals surface area contributed by atoms with E-state index in [1.54, 1.807) is 43.8 Å². The summed E-state index contributed by atoms with van der Waals surface area (Å²) >= 11 is 0. The molecule has 0 saturated heterocycles. The summed E-state index contributed by atoms with van der Waals surface area (Å²) in [5, 5.41) is 7.19. The Bertz CT molecular complexity index is 1020. The monoisotopic (exact) mass is 370 g/mol. The van der Waals surface area contributed by atoms with Gasteiger partial charge < -0.3 is 9.84 Å². The van der Waals surface area contributed by atoms with Crippen LogP contribution in [0.25, 0.3) is 11.3 Å². The van der Waals surface area contributed by atoms with Crippen molar-refractivity contribution in [3.05, 3.63) is 102 Å². The number of carbonyl (C=O) groups excluding carboxylic acids is 1. The maximum Gasteiger partial charge on any atom is 0.257 e. The fourth-order valence-electron chi connectivity index (χ4n) is 3.10. The SMILES string of the molecule is Cc1onc(-c2ccncc2)c1C(=O)N[C@@H](c1ccccc1)c1cccnc1. The molecule has 6 heteroatoms. The molecule has 4 aromatic rings. The largest absolute Gasteiger partial charge is 0.360 e. The van der Waals surface area contributed by atoms with Gasteiger partial charge in [0.1, 0.15) is 17.0 Å². The van der Waals surface area contributed by atoms with E-state index in [0.717, 1.165) is 16.7 Å². The number of amides is 1. The van der Waals surface area contributed by atoms with Crippen molar-refractivity contribution in [2.75, 3.05) is 0 Å². The van der Waals surface area contributed by atoms with Crippen molar-refractivity contribution in [2.24, 2.45) is 0 Å². The van der Waals surface area contributed by atoms with E-state index in [0.29, 0.717) is 17.0 Å². The Morgan fingerprint density at radius 3 is 2.39 bits per heavy atom. The van der Waals surface area contributed by atoms with E-state index in [4.69, 9.17) is 4.52 Å². The number of hydrogen-bond donors (Lipinski definition) is 1. The number of nitrogens with one attached hydrogen (secondary N) is 1. The number of hydrogen-bond acceptors (Lipinski definition) is 5. The Kier molecular flexibility index (Phi) is 4.93. The van der Waals surface area contributed by atoms with Gasteiger partial charge in [0.25, 0.3) is 5.91 Å². The zero-order valence-electron chi connectivity index (χ0n) is 15.2. The second kappa shape index (κ2) is 7.84. The van der Waals surface area contributed by atoms with E-state index in [1.165, 1.54) is 0 Å². The van der Waals surface area contributed by atoms with Crippen LogP contribution in [0.1, 0.15) is 33.3 Å². The van der Waals surface area contributed by atoms with Crippen LogP contribution in [-0.4, -0.2) is 21.0 Å². The maximum atomic E-state index is 13.2. The standard InChI is InChI=1S/C22H18N4O2/c1-15-19(21(26-28-15)17-9-12-23-13-10-17)22(27)25-20(16-6-3-2-4-7-16)18-8-5-11-24-14-18/h2-14,20H,1H3,(H,25,27)/t20-/m0/s1. The summed E-state index contributed by atoms with van der Waals surface area (Å²) in [5.41, 5.74) is 3.53. The van der Waals surface area contributed by atoms with Crippen LogP contribution in [-0.2, 0) is 0 Å². The molecule has 4 rings (SSSR count). The molecular weight excluding hydrogens is 352 g/mol. The summed E-state index contributed by atoms with van der Waals surface area (Å²) in [6.07, 6.45) is 6.77. The van der Waals surface area contributed by atoms with E-state index >= 15 is 0 Å². The second-order valence-corrected chi connectivity index (χ2v) is 6.30. The molecule has 0 aliphatic carbocycles. The molecule has 1 aromatic carbocycles. The van der Waals surface area contributed by atoms with Gasteiger partial charge in [0, 0.05) is 30.4 Å². The third-order valence-electron chi connectivity index (χ3n) is 4.47. The van der Waals surface area contributed by atoms with E-state index in [1.807, 2.05) is 42.5 Å². The van der Waals surface area contributed by atoms with Crippen molar-refractivity contribution >= 4 is 5.91 Å². The smallest absolute Gasteiger partial charge is 0.257 e. The van der Waals surface area contributed by atoms with Crippen LogP contribution in [0.15, 0.2) is 83.9 Å². The van der Waals surface area contributed by atoms with Crippen molar-refractivity contribution in [1.29, 1.82) is 0 Å². The molecule has 3 heterocycles. The Balaban J connectivity index is 1.71. The molecule has 138 valence electrons. The first-order chi connectivity index (χ1) is 13.7. The van der Waals surface area contributed by atoms with Gasteiger partial charge in [0.05, 0.1) is 6.04 Å². The minimum absolute atomic E-state index is 0.261. The molecule has 1 atom stereocenters. The van der Waals surface area contributed by atoms with Crippen molar-refractivity contribution in [3.63, 3.8) is 0 Å². The van der Waals surface area contributed by atoms with Crippen molar-refractivity contribution < 1.29 is 9.32 Å². The second-order valence-electron chi connectivity index (χ2n) is 6.30. The molecule has 0 bridgehead atoms. The zero-order chi connectivity index (χ0) is 19.3. The van der Waals surface area contributed by atoms with E-state index in [2.05, 4.69) is 20.4 Å². The molecule has 0 aliphatic heterocycles. The minimum atomic E-state index is -0.345. The zero-order valence-corrected chi connectivity index (χ0v) is 15.2. The Morgan fingerprint density at radius 1 is 0.929 bits per heavy atom. The molecule has 0 spiro atoms. The van der Waals surface area contributed by atoms with Crippen LogP contribution in [0.5, 0.6) is 0 Å². The Hall–Kier alpha value is -3.80. The molecule has 3 aromatic heterocycles. The van der Waals surface area contributed by atoms with Crippen LogP contribution in [0.4, 0.5) is 0 Å². The highest BCUT2D eigenvalue weighted by molar-refractivity contribution is 6.01. The van der Waals surface area contributed by atoms with Gasteiger partial charge in [-0.2, -0.15) is 0 Å². The molecule has 1 N–H and O–H groups in total. The first kappa shape index (κ1) is 17.6. The van der Waals surface area contributed by atoms with Crippen LogP contribution in [0.2, 0.25) is 0 Å². The normalized spacial score (nSPS) is 11.8. The predicted molar refractivity (Wildman–Crippen MR) is 104 cm³/mol. The number of pyridine rings is 2. The fourth-order valence-corrected chi connectivity index (χ4v) is 3.10. The van der Waals surface area contributed by atoms with E-state index in [-0.39, 0.29) is 11.9 Å². The fraction of sp³-hybridized carbons (Fsp3) is 0.0909. The van der Waals surface area contributed by atoms with Gasteiger partial charge in [-0.05, 0) is 36.2 Å². The van der Waals surface area contributed by atoms with E-state index < -0.39 is 0 Å². The van der Waals surface area contributed by atoms with Crippen molar-refractivity contribution in [1.82, 2.24) is 20.4 Å². The molecule has 0 fully saturated rings. The lowest BCUT2D eigenvalue weighted by Gasteiger charge is -2.19. The van der Waals surface area contributed by atoms with Gasteiger partial charge >= 0.3 is 0 Å². The first-order valence-electron chi connectivity index (χ1n) is 8.86. The predicted octanol–water partition coefficient (Wildman–Crippen LogP) is 3.96. The van der Waals surface area contributed by atoms with Crippen molar-refractivity contribution in [2.45, 2.75) is 13.0 Å². The van der Waals surface area contributed by atoms with Gasteiger partial charge in [0.2, 0.25) is 0 Å². The molecule has 6 nitrogen and oxygen atoms in total. The molecular formula is C22H18N4O2. The molecule has 28 heavy (non-hydrogen) atoms. The third kappa shape index (κ3) is 3.53. The van der Waals surface area contributed by atoms with Crippen LogP contribution < -0.4 is 5.32 Å². The van der Waals surface area contributed by atoms with Gasteiger partial charge in [0.15, 0.2) is 0 Å². The summed E-state index contributed by atoms with van der Waals surface area (Å²) in [7, 11) is 0. The van der Waals surface area contributed by atoms with Crippen molar-refractivity contribution in [3.8, 4) is 11.3 Å². The third-order valence-corrected chi connectivity index (χ3v) is 4.47. The average Bonchev–Trinajstić information content (AvgIpc) is 3.15. The minimum Gasteiger partial charge on any atom is -0.360 e. The molecule has 0 saturated carbocycles. The number of nitrogens with zero attached hydrogens (tertiary/aromatic N) is 3. The lowest BCUT2D eigenvalue weighted by Crippen LogP contribution is -2.30. The molecule has 1 amide bonds. The van der Waals surface area contributed by atoms with Gasteiger partial charge in [-0.3, -0.25) is 14.8 Å². The lowest BCUT2D eigenvalue weighted by molar-refractivity contribution is 0.0942. The Labute approximate surface area is 162 Å². The summed E-state index contributed by atoms with van der Waals surface area (Å²) < 4.78 is 5.32. The van der Waals surface area contributed by atoms with Crippen LogP contribution >= 0.6 is 0 Å². The summed E-state index contributed by atoms with van der Waals surface area (Å²) in [6, 6.07) is 16.8. The summed E-state index contributed by atoms with van der Waals surface area (Å²) in [6.45, 7) is 1.73. The lowest BCUT2D eigenvalue weighted by atomic mass is 9.99. The topological polar surface area (TPSA) is 80.9 Å². The number of aromatic nitrogens is 3. The van der Waals surface area contributed by atoms with E-state index in [9.17, 15) is 4.79 Å². The van der Waals surface area contributed by atoms with Gasteiger partial charge in [-0.1, -0.05) is 41.6 Å². The highest BCUT2D eigenvalue weighted by Crippen LogP contribution is 2.27. The van der Waals surface area contributed by atoms with Crippen LogP contribution in [0, 0.1) is 6.92 Å². The number of benzene rings is 1. The summed E-state index contributed by atoms with van der Waals surface area (Å²) in [4.78, 5) is 21.4. The molecule has 0 unspecified atom stereocenters. The average molecular weight is 370 g/mol. The molecule has 0 radical (unpaired) electrons. The molecule has 0 aliphatic rings. The maximum absolute atomic E-state index is 13.2. The highest BCUT2D eigenvalue weighted by atomic mass is 16.5. The number of rotatable bonds is 5. The van der Waals surface area contributed by atoms with Crippen LogP contribution in [0.3, 0.4) is 0 Å². The highest BCUT2D eigenvalue weighted by Gasteiger charge is 2.25. The Morgan fingerprint density at radius 2 is 1.68 bits per heavy atom. The first-order valence-corrected chi connectivity index (χ1v) is 8.86. The number of carbonyl (C=O) groups is 1. The van der Waals surface area contributed by atoms with Gasteiger partial charge in [-0.25, -0.2) is 0 Å². The van der Waals surface area contributed by atoms with Gasteiger partial charge in [-0.15, -0.1) is 0 Å². The quantitative estimate of drug-likeness (QED) is 0.575. The summed E-state index contributed by atoms with van der Waals surface area (Å²) in [5.74, 6) is 0.200. The number of aryl methyl sites for hydroxylation is 1.